The number of nitrogens with zero attached hydrogens (tertiary/aromatic N) is 2. The molecule has 0 aromatic carbocycles. The minimum absolute atomic E-state index is 0.0174. The van der Waals surface area contributed by atoms with Gasteiger partial charge in [-0.15, -0.1) is 22.9 Å². The monoisotopic (exact) mass is 479 g/mol. The number of carbonyl (C=O) groups is 1. The van der Waals surface area contributed by atoms with Crippen LogP contribution in [0, 0.1) is 23.2 Å². The Labute approximate surface area is 198 Å². The van der Waals surface area contributed by atoms with Gasteiger partial charge < -0.3 is 5.32 Å². The minimum atomic E-state index is -0.0174. The molecule has 6 rings (SSSR count). The van der Waals surface area contributed by atoms with Crippen LogP contribution in [0.2, 0.25) is 4.34 Å². The summed E-state index contributed by atoms with van der Waals surface area (Å²) >= 11 is 13.7. The standard InChI is InChI=1S/C24H31Cl2N3OS/c1-24(2)16-7-6-14(18(24)12-16)13-27-23(30)20-17-10-15-11-19(26)31-22(15)21(17)29(28-20)9-5-3-4-8-25/h11,14,16,18H,3-10,12-13H2,1-2H3,(H,27,30). The molecule has 2 aromatic heterocycles. The molecule has 4 aliphatic carbocycles. The van der Waals surface area contributed by atoms with Crippen LogP contribution in [0.25, 0.3) is 10.6 Å². The number of halogens is 2. The number of rotatable bonds is 8. The molecule has 2 aromatic rings. The molecule has 0 spiro atoms. The smallest absolute Gasteiger partial charge is 0.272 e. The largest absolute Gasteiger partial charge is 0.350 e. The summed E-state index contributed by atoms with van der Waals surface area (Å²) in [7, 11) is 0. The molecule has 1 N–H and O–H groups in total. The molecule has 2 heterocycles. The first-order valence-corrected chi connectivity index (χ1v) is 13.4. The van der Waals surface area contributed by atoms with Crippen molar-refractivity contribution in [2.45, 2.75) is 65.3 Å². The first-order chi connectivity index (χ1) is 14.9. The second-order valence-corrected chi connectivity index (χ2v) is 12.2. The van der Waals surface area contributed by atoms with Gasteiger partial charge in [0.2, 0.25) is 0 Å². The van der Waals surface area contributed by atoms with Gasteiger partial charge >= 0.3 is 0 Å². The fourth-order valence-corrected chi connectivity index (χ4v) is 7.77. The van der Waals surface area contributed by atoms with E-state index in [-0.39, 0.29) is 5.91 Å². The molecule has 7 heteroatoms. The van der Waals surface area contributed by atoms with Crippen LogP contribution in [0.4, 0.5) is 0 Å². The van der Waals surface area contributed by atoms with Gasteiger partial charge in [0, 0.05) is 31.0 Å². The summed E-state index contributed by atoms with van der Waals surface area (Å²) in [5.74, 6) is 2.89. The molecule has 3 saturated carbocycles. The van der Waals surface area contributed by atoms with Crippen molar-refractivity contribution in [3.05, 3.63) is 27.2 Å². The molecule has 31 heavy (non-hydrogen) atoms. The zero-order valence-electron chi connectivity index (χ0n) is 18.3. The summed E-state index contributed by atoms with van der Waals surface area (Å²) in [6.45, 7) is 6.39. The molecule has 4 aliphatic rings. The summed E-state index contributed by atoms with van der Waals surface area (Å²) < 4.78 is 2.84. The van der Waals surface area contributed by atoms with Crippen LogP contribution in [-0.4, -0.2) is 28.1 Å². The van der Waals surface area contributed by atoms with Crippen molar-refractivity contribution < 1.29 is 4.79 Å². The zero-order chi connectivity index (χ0) is 21.8. The Morgan fingerprint density at radius 2 is 2.16 bits per heavy atom. The van der Waals surface area contributed by atoms with E-state index in [9.17, 15) is 4.79 Å². The molecular weight excluding hydrogens is 449 g/mol. The van der Waals surface area contributed by atoms with Crippen LogP contribution in [-0.2, 0) is 13.0 Å². The molecule has 2 bridgehead atoms. The van der Waals surface area contributed by atoms with Crippen molar-refractivity contribution in [3.8, 4) is 10.6 Å². The average molecular weight is 481 g/mol. The Morgan fingerprint density at radius 3 is 2.90 bits per heavy atom. The number of fused-ring (bicyclic) bond motifs is 5. The molecule has 0 saturated heterocycles. The number of unbranched alkanes of at least 4 members (excludes halogenated alkanes) is 2. The van der Waals surface area contributed by atoms with Crippen LogP contribution in [0.1, 0.15) is 74.0 Å². The van der Waals surface area contributed by atoms with Gasteiger partial charge in [-0.25, -0.2) is 0 Å². The number of carbonyl (C=O) groups excluding carboxylic acids is 1. The first-order valence-electron chi connectivity index (χ1n) is 11.6. The third kappa shape index (κ3) is 3.75. The number of alkyl halides is 1. The highest BCUT2D eigenvalue weighted by Gasteiger charge is 2.54. The van der Waals surface area contributed by atoms with Gasteiger partial charge in [-0.2, -0.15) is 5.10 Å². The highest BCUT2D eigenvalue weighted by Crippen LogP contribution is 2.61. The molecule has 1 amide bonds. The summed E-state index contributed by atoms with van der Waals surface area (Å²) in [6.07, 6.45) is 7.71. The Bertz CT molecular complexity index is 993. The van der Waals surface area contributed by atoms with E-state index < -0.39 is 0 Å². The Balaban J connectivity index is 1.33. The molecule has 3 fully saturated rings. The molecule has 168 valence electrons. The predicted octanol–water partition coefficient (Wildman–Crippen LogP) is 6.38. The molecule has 0 radical (unpaired) electrons. The number of nitrogens with one attached hydrogen (secondary N) is 1. The number of aryl methyl sites for hydroxylation is 1. The van der Waals surface area contributed by atoms with Gasteiger partial charge in [0.15, 0.2) is 5.69 Å². The highest BCUT2D eigenvalue weighted by molar-refractivity contribution is 7.19. The maximum absolute atomic E-state index is 13.2. The van der Waals surface area contributed by atoms with Gasteiger partial charge in [-0.3, -0.25) is 9.48 Å². The highest BCUT2D eigenvalue weighted by atomic mass is 35.5. The third-order valence-corrected chi connectivity index (χ3v) is 9.74. The van der Waals surface area contributed by atoms with Crippen LogP contribution in [0.5, 0.6) is 0 Å². The topological polar surface area (TPSA) is 46.9 Å². The van der Waals surface area contributed by atoms with Crippen molar-refractivity contribution in [3.63, 3.8) is 0 Å². The SMILES string of the molecule is CC1(C)C2CCC(CNC(=O)c3nn(CCCCCCl)c4c3Cc3cc(Cl)sc3-4)C1C2. The number of hydrogen-bond donors (Lipinski definition) is 1. The van der Waals surface area contributed by atoms with E-state index in [1.807, 2.05) is 10.7 Å². The summed E-state index contributed by atoms with van der Waals surface area (Å²) in [5.41, 5.74) is 4.44. The molecular formula is C24H31Cl2N3OS. The van der Waals surface area contributed by atoms with E-state index in [1.54, 1.807) is 11.3 Å². The lowest BCUT2D eigenvalue weighted by atomic mass is 9.45. The first kappa shape index (κ1) is 21.8. The summed E-state index contributed by atoms with van der Waals surface area (Å²) in [6, 6.07) is 2.04. The maximum Gasteiger partial charge on any atom is 0.272 e. The van der Waals surface area contributed by atoms with Crippen molar-refractivity contribution in [1.82, 2.24) is 15.1 Å². The predicted molar refractivity (Wildman–Crippen MR) is 128 cm³/mol. The fourth-order valence-electron chi connectivity index (χ4n) is 6.23. The lowest BCUT2D eigenvalue weighted by molar-refractivity contribution is -0.103. The molecule has 4 nitrogen and oxygen atoms in total. The molecule has 3 unspecified atom stereocenters. The maximum atomic E-state index is 13.2. The van der Waals surface area contributed by atoms with E-state index in [1.165, 1.54) is 29.7 Å². The van der Waals surface area contributed by atoms with E-state index in [2.05, 4.69) is 19.2 Å². The number of aromatic nitrogens is 2. The Kier molecular flexibility index (Phi) is 5.89. The van der Waals surface area contributed by atoms with Gasteiger partial charge in [0.25, 0.3) is 5.91 Å². The van der Waals surface area contributed by atoms with E-state index in [4.69, 9.17) is 28.3 Å². The van der Waals surface area contributed by atoms with Crippen LogP contribution < -0.4 is 5.32 Å². The van der Waals surface area contributed by atoms with Gasteiger partial charge in [0.1, 0.15) is 0 Å². The van der Waals surface area contributed by atoms with Gasteiger partial charge in [-0.05, 0) is 66.9 Å². The van der Waals surface area contributed by atoms with Crippen molar-refractivity contribution in [2.24, 2.45) is 23.2 Å². The molecule has 0 aliphatic heterocycles. The third-order valence-electron chi connectivity index (χ3n) is 8.16. The van der Waals surface area contributed by atoms with Crippen molar-refractivity contribution >= 4 is 40.4 Å². The van der Waals surface area contributed by atoms with E-state index in [0.717, 1.165) is 66.2 Å². The van der Waals surface area contributed by atoms with Crippen LogP contribution in [0.3, 0.4) is 0 Å². The fraction of sp³-hybridized carbons (Fsp3) is 0.667. The lowest BCUT2D eigenvalue weighted by Crippen LogP contribution is -2.54. The second kappa shape index (κ2) is 8.39. The van der Waals surface area contributed by atoms with Crippen LogP contribution in [0.15, 0.2) is 6.07 Å². The van der Waals surface area contributed by atoms with E-state index in [0.29, 0.717) is 22.9 Å². The zero-order valence-corrected chi connectivity index (χ0v) is 20.7. The lowest BCUT2D eigenvalue weighted by Gasteiger charge is -2.60. The average Bonchev–Trinajstić information content (AvgIpc) is 3.38. The molecule has 3 atom stereocenters. The normalized spacial score (nSPS) is 25.1. The van der Waals surface area contributed by atoms with Gasteiger partial charge in [-0.1, -0.05) is 31.9 Å². The van der Waals surface area contributed by atoms with E-state index >= 15 is 0 Å². The summed E-state index contributed by atoms with van der Waals surface area (Å²) in [5, 5.41) is 8.05. The number of hydrogen-bond acceptors (Lipinski definition) is 3. The number of amides is 1. The Hall–Kier alpha value is -1.04. The van der Waals surface area contributed by atoms with Crippen molar-refractivity contribution in [1.29, 1.82) is 0 Å². The summed E-state index contributed by atoms with van der Waals surface area (Å²) in [4.78, 5) is 14.4. The Morgan fingerprint density at radius 1 is 1.32 bits per heavy atom. The minimum Gasteiger partial charge on any atom is -0.350 e. The van der Waals surface area contributed by atoms with Gasteiger partial charge in [0.05, 0.1) is 14.9 Å². The second-order valence-electron chi connectivity index (χ2n) is 10.1. The number of thiophene rings is 1. The van der Waals surface area contributed by atoms with Crippen LogP contribution >= 0.6 is 34.5 Å². The van der Waals surface area contributed by atoms with Crippen molar-refractivity contribution in [2.75, 3.05) is 12.4 Å². The quantitative estimate of drug-likeness (QED) is 0.300.